The Labute approximate surface area is 109 Å². The SMILES string of the molecule is Cc1cc(C)c(-c2ccc(OBO)cc2)c(C)c1. The topological polar surface area (TPSA) is 29.5 Å². The Bertz CT molecular complexity index is 524. The fraction of sp³-hybridized carbons (Fsp3) is 0.200. The lowest BCUT2D eigenvalue weighted by molar-refractivity contribution is 0.454. The second kappa shape index (κ2) is 5.28. The molecule has 0 heterocycles. The van der Waals surface area contributed by atoms with Crippen LogP contribution in [0.5, 0.6) is 5.75 Å². The standard InChI is InChI=1S/C15H17BO2/c1-10-8-11(2)15(12(3)9-10)13-4-6-14(7-5-13)18-16-17/h4-9,16-17H,1-3H3. The normalized spacial score (nSPS) is 10.2. The van der Waals surface area contributed by atoms with Gasteiger partial charge in [-0.3, -0.25) is 0 Å². The Hall–Kier alpha value is -1.74. The van der Waals surface area contributed by atoms with Crippen LogP contribution in [-0.2, 0) is 0 Å². The van der Waals surface area contributed by atoms with Gasteiger partial charge in [-0.15, -0.1) is 0 Å². The highest BCUT2D eigenvalue weighted by Crippen LogP contribution is 2.29. The summed E-state index contributed by atoms with van der Waals surface area (Å²) in [5.74, 6) is 0.684. The molecule has 0 saturated heterocycles. The summed E-state index contributed by atoms with van der Waals surface area (Å²) in [4.78, 5) is 0. The fourth-order valence-electron chi connectivity index (χ4n) is 2.43. The molecule has 0 unspecified atom stereocenters. The highest BCUT2D eigenvalue weighted by atomic mass is 16.5. The fourth-order valence-corrected chi connectivity index (χ4v) is 2.43. The molecule has 0 aromatic heterocycles. The molecule has 0 amide bonds. The third-order valence-corrected chi connectivity index (χ3v) is 3.05. The minimum absolute atomic E-state index is 0.290. The van der Waals surface area contributed by atoms with E-state index in [-0.39, 0.29) is 7.69 Å². The molecule has 0 saturated carbocycles. The van der Waals surface area contributed by atoms with Crippen LogP contribution in [-0.4, -0.2) is 12.7 Å². The van der Waals surface area contributed by atoms with Gasteiger partial charge in [0.2, 0.25) is 0 Å². The van der Waals surface area contributed by atoms with Crippen molar-refractivity contribution in [3.63, 3.8) is 0 Å². The van der Waals surface area contributed by atoms with Gasteiger partial charge in [-0.2, -0.15) is 0 Å². The van der Waals surface area contributed by atoms with Gasteiger partial charge in [0.15, 0.2) is 0 Å². The van der Waals surface area contributed by atoms with Crippen LogP contribution in [0.1, 0.15) is 16.7 Å². The Balaban J connectivity index is 2.42. The molecule has 3 heteroatoms. The maximum absolute atomic E-state index is 8.70. The van der Waals surface area contributed by atoms with Gasteiger partial charge in [0, 0.05) is 0 Å². The van der Waals surface area contributed by atoms with E-state index < -0.39 is 0 Å². The first-order chi connectivity index (χ1) is 8.61. The van der Waals surface area contributed by atoms with Crippen molar-refractivity contribution >= 4 is 7.69 Å². The summed E-state index contributed by atoms with van der Waals surface area (Å²) >= 11 is 0. The summed E-state index contributed by atoms with van der Waals surface area (Å²) < 4.78 is 5.03. The monoisotopic (exact) mass is 240 g/mol. The van der Waals surface area contributed by atoms with E-state index in [4.69, 9.17) is 9.68 Å². The Morgan fingerprint density at radius 1 is 0.944 bits per heavy atom. The molecule has 0 fully saturated rings. The van der Waals surface area contributed by atoms with Crippen molar-refractivity contribution in [2.45, 2.75) is 20.8 Å². The smallest absolute Gasteiger partial charge is 0.504 e. The van der Waals surface area contributed by atoms with Gasteiger partial charge in [-0.25, -0.2) is 0 Å². The maximum atomic E-state index is 8.70. The molecule has 0 aliphatic carbocycles. The second-order valence-electron chi connectivity index (χ2n) is 4.57. The summed E-state index contributed by atoms with van der Waals surface area (Å²) in [6, 6.07) is 12.2. The van der Waals surface area contributed by atoms with Crippen LogP contribution in [0, 0.1) is 20.8 Å². The summed E-state index contributed by atoms with van der Waals surface area (Å²) in [7, 11) is -0.290. The average molecular weight is 240 g/mol. The van der Waals surface area contributed by atoms with Gasteiger partial charge in [-0.05, 0) is 55.2 Å². The first-order valence-corrected chi connectivity index (χ1v) is 6.04. The van der Waals surface area contributed by atoms with E-state index >= 15 is 0 Å². The largest absolute Gasteiger partial charge is 0.539 e. The summed E-state index contributed by atoms with van der Waals surface area (Å²) in [5.41, 5.74) is 6.30. The molecule has 0 bridgehead atoms. The number of benzene rings is 2. The Kier molecular flexibility index (Phi) is 3.73. The zero-order valence-corrected chi connectivity index (χ0v) is 11.0. The quantitative estimate of drug-likeness (QED) is 0.836. The lowest BCUT2D eigenvalue weighted by atomic mass is 9.94. The lowest BCUT2D eigenvalue weighted by Gasteiger charge is -2.12. The zero-order chi connectivity index (χ0) is 13.1. The molecule has 0 aliphatic rings. The molecular weight excluding hydrogens is 223 g/mol. The van der Waals surface area contributed by atoms with Crippen LogP contribution in [0.15, 0.2) is 36.4 Å². The Morgan fingerprint density at radius 2 is 1.50 bits per heavy atom. The van der Waals surface area contributed by atoms with E-state index in [0.29, 0.717) is 5.75 Å². The van der Waals surface area contributed by atoms with Crippen LogP contribution in [0.3, 0.4) is 0 Å². The molecule has 92 valence electrons. The summed E-state index contributed by atoms with van der Waals surface area (Å²) in [5, 5.41) is 8.70. The van der Waals surface area contributed by atoms with Gasteiger partial charge in [0.1, 0.15) is 5.75 Å². The zero-order valence-electron chi connectivity index (χ0n) is 11.0. The van der Waals surface area contributed by atoms with Gasteiger partial charge in [0.25, 0.3) is 0 Å². The van der Waals surface area contributed by atoms with E-state index in [9.17, 15) is 0 Å². The van der Waals surface area contributed by atoms with Crippen molar-refractivity contribution in [2.24, 2.45) is 0 Å². The van der Waals surface area contributed by atoms with Crippen LogP contribution < -0.4 is 4.65 Å². The summed E-state index contributed by atoms with van der Waals surface area (Å²) in [6.45, 7) is 6.38. The van der Waals surface area contributed by atoms with E-state index in [2.05, 4.69) is 32.9 Å². The predicted molar refractivity (Wildman–Crippen MR) is 76.1 cm³/mol. The van der Waals surface area contributed by atoms with Gasteiger partial charge < -0.3 is 9.68 Å². The van der Waals surface area contributed by atoms with Crippen LogP contribution in [0.25, 0.3) is 11.1 Å². The van der Waals surface area contributed by atoms with Crippen molar-refractivity contribution in [3.05, 3.63) is 53.1 Å². The Morgan fingerprint density at radius 3 is 2.00 bits per heavy atom. The first-order valence-electron chi connectivity index (χ1n) is 6.04. The van der Waals surface area contributed by atoms with E-state index in [1.165, 1.54) is 27.8 Å². The van der Waals surface area contributed by atoms with Gasteiger partial charge >= 0.3 is 7.69 Å². The minimum atomic E-state index is -0.290. The molecule has 0 spiro atoms. The molecule has 0 radical (unpaired) electrons. The van der Waals surface area contributed by atoms with Crippen molar-refractivity contribution in [3.8, 4) is 16.9 Å². The van der Waals surface area contributed by atoms with Gasteiger partial charge in [-0.1, -0.05) is 29.8 Å². The molecule has 0 atom stereocenters. The van der Waals surface area contributed by atoms with Crippen LogP contribution >= 0.6 is 0 Å². The molecule has 18 heavy (non-hydrogen) atoms. The van der Waals surface area contributed by atoms with Gasteiger partial charge in [0.05, 0.1) is 0 Å². The lowest BCUT2D eigenvalue weighted by Crippen LogP contribution is -1.99. The molecule has 0 aliphatic heterocycles. The molecule has 2 nitrogen and oxygen atoms in total. The number of rotatable bonds is 3. The van der Waals surface area contributed by atoms with Crippen molar-refractivity contribution in [1.29, 1.82) is 0 Å². The molecule has 1 N–H and O–H groups in total. The predicted octanol–water partition coefficient (Wildman–Crippen LogP) is 2.92. The van der Waals surface area contributed by atoms with Crippen LogP contribution in [0.2, 0.25) is 0 Å². The van der Waals surface area contributed by atoms with E-state index in [1.807, 2.05) is 24.3 Å². The average Bonchev–Trinajstić information content (AvgIpc) is 2.30. The molecule has 2 aromatic rings. The molecular formula is C15H17BO2. The maximum Gasteiger partial charge on any atom is 0.504 e. The third kappa shape index (κ3) is 2.57. The molecule has 2 aromatic carbocycles. The highest BCUT2D eigenvalue weighted by molar-refractivity contribution is 6.17. The van der Waals surface area contributed by atoms with Crippen molar-refractivity contribution in [2.75, 3.05) is 0 Å². The second-order valence-corrected chi connectivity index (χ2v) is 4.57. The third-order valence-electron chi connectivity index (χ3n) is 3.05. The van der Waals surface area contributed by atoms with E-state index in [0.717, 1.165) is 0 Å². The summed E-state index contributed by atoms with van der Waals surface area (Å²) in [6.07, 6.45) is 0. The first kappa shape index (κ1) is 12.7. The van der Waals surface area contributed by atoms with Crippen molar-refractivity contribution < 1.29 is 9.68 Å². The van der Waals surface area contributed by atoms with Crippen LogP contribution in [0.4, 0.5) is 0 Å². The minimum Gasteiger partial charge on any atom is -0.539 e. The highest BCUT2D eigenvalue weighted by Gasteiger charge is 2.06. The van der Waals surface area contributed by atoms with Crippen molar-refractivity contribution in [1.82, 2.24) is 0 Å². The van der Waals surface area contributed by atoms with E-state index in [1.54, 1.807) is 0 Å². The number of hydrogen-bond donors (Lipinski definition) is 1. The number of aryl methyl sites for hydroxylation is 3. The molecule has 2 rings (SSSR count). The number of hydrogen-bond acceptors (Lipinski definition) is 2.